The van der Waals surface area contributed by atoms with Crippen LogP contribution in [-0.4, -0.2) is 46.4 Å². The molecule has 0 saturated carbocycles. The Hall–Kier alpha value is -2.89. The van der Waals surface area contributed by atoms with Crippen LogP contribution in [0.3, 0.4) is 0 Å². The molecule has 6 heteroatoms. The Kier molecular flexibility index (Phi) is 7.61. The van der Waals surface area contributed by atoms with Crippen LogP contribution in [0.1, 0.15) is 18.9 Å². The van der Waals surface area contributed by atoms with Crippen molar-refractivity contribution in [3.63, 3.8) is 0 Å². The summed E-state index contributed by atoms with van der Waals surface area (Å²) in [6.07, 6.45) is 1.19. The third-order valence-electron chi connectivity index (χ3n) is 5.18. The lowest BCUT2D eigenvalue weighted by Crippen LogP contribution is -2.40. The van der Waals surface area contributed by atoms with Gasteiger partial charge in [-0.3, -0.25) is 0 Å². The molecule has 1 heterocycles. The Morgan fingerprint density at radius 3 is 2.59 bits per heavy atom. The van der Waals surface area contributed by atoms with E-state index in [4.69, 9.17) is 14.5 Å². The molecule has 0 amide bonds. The van der Waals surface area contributed by atoms with Crippen LogP contribution >= 0.6 is 0 Å². The summed E-state index contributed by atoms with van der Waals surface area (Å²) >= 11 is 0. The molecule has 0 spiro atoms. The van der Waals surface area contributed by atoms with E-state index in [1.54, 1.807) is 14.2 Å². The van der Waals surface area contributed by atoms with E-state index in [0.717, 1.165) is 49.2 Å². The lowest BCUT2D eigenvalue weighted by atomic mass is 10.1. The van der Waals surface area contributed by atoms with Crippen LogP contribution in [0.5, 0.6) is 11.5 Å². The average molecular weight is 397 g/mol. The van der Waals surface area contributed by atoms with Gasteiger partial charge in [0, 0.05) is 31.9 Å². The van der Waals surface area contributed by atoms with Crippen molar-refractivity contribution in [2.24, 2.45) is 10.9 Å². The first-order valence-corrected chi connectivity index (χ1v) is 10.3. The quantitative estimate of drug-likeness (QED) is 0.530. The first-order chi connectivity index (χ1) is 14.2. The number of para-hydroxylation sites is 1. The first kappa shape index (κ1) is 20.8. The van der Waals surface area contributed by atoms with Gasteiger partial charge in [0.1, 0.15) is 0 Å². The number of rotatable bonds is 8. The van der Waals surface area contributed by atoms with Gasteiger partial charge in [0.25, 0.3) is 0 Å². The number of nitrogens with zero attached hydrogens (tertiary/aromatic N) is 2. The van der Waals surface area contributed by atoms with E-state index in [1.165, 1.54) is 12.1 Å². The molecular formula is C23H32N4O2. The minimum Gasteiger partial charge on any atom is -0.493 e. The summed E-state index contributed by atoms with van der Waals surface area (Å²) in [7, 11) is 3.29. The van der Waals surface area contributed by atoms with Gasteiger partial charge >= 0.3 is 0 Å². The maximum absolute atomic E-state index is 5.38. The Balaban J connectivity index is 1.55. The molecule has 6 nitrogen and oxygen atoms in total. The first-order valence-electron chi connectivity index (χ1n) is 10.3. The minimum atomic E-state index is 0.580. The predicted octanol–water partition coefficient (Wildman–Crippen LogP) is 3.29. The smallest absolute Gasteiger partial charge is 0.191 e. The predicted molar refractivity (Wildman–Crippen MR) is 119 cm³/mol. The van der Waals surface area contributed by atoms with Crippen LogP contribution in [0.2, 0.25) is 0 Å². The molecular weight excluding hydrogens is 364 g/mol. The van der Waals surface area contributed by atoms with E-state index < -0.39 is 0 Å². The Morgan fingerprint density at radius 2 is 1.86 bits per heavy atom. The summed E-state index contributed by atoms with van der Waals surface area (Å²) in [6, 6.07) is 16.5. The minimum absolute atomic E-state index is 0.580. The van der Waals surface area contributed by atoms with Gasteiger partial charge in [0.2, 0.25) is 0 Å². The lowest BCUT2D eigenvalue weighted by molar-refractivity contribution is 0.354. The Bertz CT molecular complexity index is 795. The number of aliphatic imine (C=N–C) groups is 1. The number of methoxy groups -OCH3 is 2. The molecule has 0 radical (unpaired) electrons. The van der Waals surface area contributed by atoms with Crippen LogP contribution in [-0.2, 0) is 6.54 Å². The molecule has 1 saturated heterocycles. The monoisotopic (exact) mass is 396 g/mol. The number of nitrogens with one attached hydrogen (secondary N) is 2. The highest BCUT2D eigenvalue weighted by molar-refractivity contribution is 5.79. The molecule has 1 aliphatic heterocycles. The molecule has 29 heavy (non-hydrogen) atoms. The molecule has 0 bridgehead atoms. The van der Waals surface area contributed by atoms with Crippen molar-refractivity contribution in [3.8, 4) is 11.5 Å². The fourth-order valence-electron chi connectivity index (χ4n) is 3.60. The van der Waals surface area contributed by atoms with Crippen LogP contribution in [0, 0.1) is 5.92 Å². The van der Waals surface area contributed by atoms with E-state index in [9.17, 15) is 0 Å². The molecule has 2 N–H and O–H groups in total. The SMILES string of the molecule is CCNC(=NCc1ccc(OC)c(OC)c1)NCC1CCN(c2ccccc2)C1. The third kappa shape index (κ3) is 5.79. The number of anilines is 1. The molecule has 1 fully saturated rings. The fourth-order valence-corrected chi connectivity index (χ4v) is 3.60. The van der Waals surface area contributed by atoms with Crippen molar-refractivity contribution < 1.29 is 9.47 Å². The number of guanidine groups is 1. The van der Waals surface area contributed by atoms with E-state index in [1.807, 2.05) is 18.2 Å². The van der Waals surface area contributed by atoms with Gasteiger partial charge in [-0.25, -0.2) is 4.99 Å². The topological polar surface area (TPSA) is 58.1 Å². The molecule has 1 aliphatic rings. The van der Waals surface area contributed by atoms with Crippen LogP contribution in [0.25, 0.3) is 0 Å². The molecule has 3 rings (SSSR count). The van der Waals surface area contributed by atoms with Gasteiger partial charge in [0.15, 0.2) is 17.5 Å². The van der Waals surface area contributed by atoms with Crippen LogP contribution < -0.4 is 25.0 Å². The zero-order valence-corrected chi connectivity index (χ0v) is 17.6. The van der Waals surface area contributed by atoms with Gasteiger partial charge in [0.05, 0.1) is 20.8 Å². The highest BCUT2D eigenvalue weighted by atomic mass is 16.5. The molecule has 2 aromatic carbocycles. The number of hydrogen-bond acceptors (Lipinski definition) is 4. The molecule has 1 unspecified atom stereocenters. The molecule has 0 aromatic heterocycles. The third-order valence-corrected chi connectivity index (χ3v) is 5.18. The summed E-state index contributed by atoms with van der Waals surface area (Å²) in [6.45, 7) is 6.60. The highest BCUT2D eigenvalue weighted by Gasteiger charge is 2.22. The summed E-state index contributed by atoms with van der Waals surface area (Å²) in [5, 5.41) is 6.85. The van der Waals surface area contributed by atoms with Gasteiger partial charge in [-0.15, -0.1) is 0 Å². The summed E-state index contributed by atoms with van der Waals surface area (Å²) in [5.41, 5.74) is 2.39. The normalized spacial score (nSPS) is 16.6. The van der Waals surface area contributed by atoms with Crippen molar-refractivity contribution >= 4 is 11.6 Å². The number of hydrogen-bond donors (Lipinski definition) is 2. The van der Waals surface area contributed by atoms with Crippen LogP contribution in [0.15, 0.2) is 53.5 Å². The molecule has 156 valence electrons. The van der Waals surface area contributed by atoms with Crippen molar-refractivity contribution in [1.82, 2.24) is 10.6 Å². The van der Waals surface area contributed by atoms with Gasteiger partial charge < -0.3 is 25.0 Å². The summed E-state index contributed by atoms with van der Waals surface area (Å²) in [4.78, 5) is 7.20. The van der Waals surface area contributed by atoms with Gasteiger partial charge in [-0.1, -0.05) is 24.3 Å². The van der Waals surface area contributed by atoms with Crippen LogP contribution in [0.4, 0.5) is 5.69 Å². The largest absolute Gasteiger partial charge is 0.493 e. The van der Waals surface area contributed by atoms with Crippen molar-refractivity contribution in [2.75, 3.05) is 45.3 Å². The highest BCUT2D eigenvalue weighted by Crippen LogP contribution is 2.27. The molecule has 0 aliphatic carbocycles. The number of benzene rings is 2. The second kappa shape index (κ2) is 10.6. The van der Waals surface area contributed by atoms with E-state index >= 15 is 0 Å². The van der Waals surface area contributed by atoms with E-state index in [0.29, 0.717) is 12.5 Å². The average Bonchev–Trinajstić information content (AvgIpc) is 3.25. The van der Waals surface area contributed by atoms with Gasteiger partial charge in [-0.2, -0.15) is 0 Å². The fraction of sp³-hybridized carbons (Fsp3) is 0.435. The second-order valence-electron chi connectivity index (χ2n) is 7.20. The second-order valence-corrected chi connectivity index (χ2v) is 7.20. The summed E-state index contributed by atoms with van der Waals surface area (Å²) < 4.78 is 10.7. The maximum Gasteiger partial charge on any atom is 0.191 e. The van der Waals surface area contributed by atoms with E-state index in [2.05, 4.69) is 52.8 Å². The van der Waals surface area contributed by atoms with Gasteiger partial charge in [-0.05, 0) is 49.1 Å². The van der Waals surface area contributed by atoms with Crippen molar-refractivity contribution in [1.29, 1.82) is 0 Å². The zero-order valence-electron chi connectivity index (χ0n) is 17.6. The number of ether oxygens (including phenoxy) is 2. The Labute approximate surface area is 173 Å². The zero-order chi connectivity index (χ0) is 20.5. The molecule has 2 aromatic rings. The lowest BCUT2D eigenvalue weighted by Gasteiger charge is -2.19. The van der Waals surface area contributed by atoms with E-state index in [-0.39, 0.29) is 0 Å². The Morgan fingerprint density at radius 1 is 1.07 bits per heavy atom. The van der Waals surface area contributed by atoms with Crippen molar-refractivity contribution in [3.05, 3.63) is 54.1 Å². The summed E-state index contributed by atoms with van der Waals surface area (Å²) in [5.74, 6) is 2.92. The molecule has 1 atom stereocenters. The maximum atomic E-state index is 5.38. The van der Waals surface area contributed by atoms with Crippen molar-refractivity contribution in [2.45, 2.75) is 19.9 Å². The standard InChI is InChI=1S/C23H32N4O2/c1-4-24-23(25-15-18-10-11-21(28-2)22(14-18)29-3)26-16-19-12-13-27(17-19)20-8-6-5-7-9-20/h5-11,14,19H,4,12-13,15-17H2,1-3H3,(H2,24,25,26).